The van der Waals surface area contributed by atoms with E-state index in [1.165, 1.54) is 24.7 Å². The zero-order valence-corrected chi connectivity index (χ0v) is 12.6. The molecule has 0 aliphatic rings. The number of nitrogens with one attached hydrogen (secondary N) is 1. The number of hydrogen-bond donors (Lipinski definition) is 1. The number of H-pyrrole nitrogens is 1. The van der Waals surface area contributed by atoms with E-state index in [2.05, 4.69) is 14.7 Å². The van der Waals surface area contributed by atoms with Gasteiger partial charge in [-0.2, -0.15) is 4.31 Å². The number of hydrogen-bond acceptors (Lipinski definition) is 6. The first kappa shape index (κ1) is 16.6. The molecule has 0 amide bonds. The Balaban J connectivity index is 2.88. The molecule has 8 nitrogen and oxygen atoms in total. The van der Waals surface area contributed by atoms with Crippen LogP contribution in [0.25, 0.3) is 0 Å². The maximum absolute atomic E-state index is 12.4. The summed E-state index contributed by atoms with van der Waals surface area (Å²) in [7, 11) is -0.993. The Bertz CT molecular complexity index is 540. The van der Waals surface area contributed by atoms with Gasteiger partial charge in [-0.3, -0.25) is 4.79 Å². The average molecular weight is 305 g/mol. The second-order valence-electron chi connectivity index (χ2n) is 4.06. The lowest BCUT2D eigenvalue weighted by atomic mass is 10.4. The summed E-state index contributed by atoms with van der Waals surface area (Å²) >= 11 is 0. The lowest BCUT2D eigenvalue weighted by Gasteiger charge is -2.20. The Morgan fingerprint density at radius 1 is 1.40 bits per heavy atom. The van der Waals surface area contributed by atoms with Crippen LogP contribution in [0.2, 0.25) is 0 Å². The van der Waals surface area contributed by atoms with Crippen LogP contribution in [0.5, 0.6) is 0 Å². The monoisotopic (exact) mass is 305 g/mol. The van der Waals surface area contributed by atoms with Crippen molar-refractivity contribution in [2.24, 2.45) is 0 Å². The molecule has 9 heteroatoms. The molecule has 0 atom stereocenters. The molecule has 0 fully saturated rings. The van der Waals surface area contributed by atoms with Crippen molar-refractivity contribution >= 4 is 16.0 Å². The Morgan fingerprint density at radius 2 is 2.10 bits per heavy atom. The smallest absolute Gasteiger partial charge is 0.306 e. The third-order valence-electron chi connectivity index (χ3n) is 2.64. The van der Waals surface area contributed by atoms with Crippen LogP contribution in [-0.4, -0.2) is 62.6 Å². The van der Waals surface area contributed by atoms with Gasteiger partial charge in [0.25, 0.3) is 10.0 Å². The number of nitrogens with zero attached hydrogens (tertiary/aromatic N) is 2. The Kier molecular flexibility index (Phi) is 6.11. The molecule has 1 rings (SSSR count). The number of imidazole rings is 1. The van der Waals surface area contributed by atoms with Gasteiger partial charge in [-0.25, -0.2) is 13.4 Å². The minimum Gasteiger partial charge on any atom is -0.469 e. The molecule has 0 aliphatic heterocycles. The average Bonchev–Trinajstić information content (AvgIpc) is 2.85. The third-order valence-corrected chi connectivity index (χ3v) is 4.44. The summed E-state index contributed by atoms with van der Waals surface area (Å²) in [5.41, 5.74) is 0. The van der Waals surface area contributed by atoms with Crippen LogP contribution in [-0.2, 0) is 24.3 Å². The van der Waals surface area contributed by atoms with Gasteiger partial charge in [0.1, 0.15) is 5.82 Å². The minimum absolute atomic E-state index is 0.00373. The molecule has 1 aromatic rings. The Hall–Kier alpha value is -1.45. The number of aromatic amines is 1. The highest BCUT2D eigenvalue weighted by molar-refractivity contribution is 7.89. The summed E-state index contributed by atoms with van der Waals surface area (Å²) in [5, 5.41) is -0.00373. The first-order valence-electron chi connectivity index (χ1n) is 5.99. The highest BCUT2D eigenvalue weighted by atomic mass is 32.2. The maximum Gasteiger partial charge on any atom is 0.306 e. The van der Waals surface area contributed by atoms with E-state index in [9.17, 15) is 13.2 Å². The number of ether oxygens (including phenoxy) is 2. The maximum atomic E-state index is 12.4. The molecule has 1 aromatic heterocycles. The van der Waals surface area contributed by atoms with Crippen LogP contribution in [0.1, 0.15) is 12.2 Å². The van der Waals surface area contributed by atoms with Crippen molar-refractivity contribution in [1.82, 2.24) is 14.3 Å². The van der Waals surface area contributed by atoms with Gasteiger partial charge in [0, 0.05) is 20.2 Å². The molecular formula is C11H19N3O5S. The van der Waals surface area contributed by atoms with E-state index >= 15 is 0 Å². The van der Waals surface area contributed by atoms with Gasteiger partial charge in [-0.05, 0) is 6.92 Å². The second kappa shape index (κ2) is 7.36. The predicted molar refractivity (Wildman–Crippen MR) is 70.6 cm³/mol. The summed E-state index contributed by atoms with van der Waals surface area (Å²) < 4.78 is 35.4. The summed E-state index contributed by atoms with van der Waals surface area (Å²) in [5.74, 6) is 0.0339. The largest absolute Gasteiger partial charge is 0.469 e. The van der Waals surface area contributed by atoms with Crippen molar-refractivity contribution in [2.75, 3.05) is 33.9 Å². The molecule has 20 heavy (non-hydrogen) atoms. The highest BCUT2D eigenvalue weighted by Crippen LogP contribution is 2.13. The molecule has 0 unspecified atom stereocenters. The summed E-state index contributed by atoms with van der Waals surface area (Å²) in [6.45, 7) is 2.06. The number of sulfonamides is 1. The van der Waals surface area contributed by atoms with Crippen molar-refractivity contribution < 1.29 is 22.7 Å². The number of aryl methyl sites for hydroxylation is 1. The van der Waals surface area contributed by atoms with Gasteiger partial charge >= 0.3 is 5.97 Å². The van der Waals surface area contributed by atoms with E-state index < -0.39 is 16.0 Å². The normalized spacial score (nSPS) is 11.8. The van der Waals surface area contributed by atoms with Gasteiger partial charge < -0.3 is 14.5 Å². The van der Waals surface area contributed by atoms with E-state index in [0.717, 1.165) is 0 Å². The van der Waals surface area contributed by atoms with Crippen LogP contribution in [0.3, 0.4) is 0 Å². The van der Waals surface area contributed by atoms with Gasteiger partial charge in [0.15, 0.2) is 5.03 Å². The van der Waals surface area contributed by atoms with E-state index in [4.69, 9.17) is 4.74 Å². The van der Waals surface area contributed by atoms with Crippen LogP contribution >= 0.6 is 0 Å². The molecule has 0 saturated heterocycles. The van der Waals surface area contributed by atoms with E-state index in [1.807, 2.05) is 0 Å². The molecule has 1 heterocycles. The molecule has 0 bridgehead atoms. The van der Waals surface area contributed by atoms with E-state index in [-0.39, 0.29) is 31.1 Å². The zero-order valence-electron chi connectivity index (χ0n) is 11.7. The predicted octanol–water partition coefficient (Wildman–Crippen LogP) is -0.0817. The van der Waals surface area contributed by atoms with Gasteiger partial charge in [0.05, 0.1) is 26.3 Å². The van der Waals surface area contributed by atoms with E-state index in [1.54, 1.807) is 6.92 Å². The summed E-state index contributed by atoms with van der Waals surface area (Å²) in [4.78, 5) is 17.7. The molecule has 114 valence electrons. The molecule has 0 aliphatic carbocycles. The topological polar surface area (TPSA) is 102 Å². The molecular weight excluding hydrogens is 286 g/mol. The summed E-state index contributed by atoms with van der Waals surface area (Å²) in [6, 6.07) is 0. The lowest BCUT2D eigenvalue weighted by molar-refractivity contribution is -0.140. The number of aromatic nitrogens is 2. The van der Waals surface area contributed by atoms with E-state index in [0.29, 0.717) is 5.82 Å². The quantitative estimate of drug-likeness (QED) is 0.674. The molecule has 0 saturated carbocycles. The number of carbonyl (C=O) groups excluding carboxylic acids is 1. The van der Waals surface area contributed by atoms with Crippen LogP contribution in [0.4, 0.5) is 0 Å². The fraction of sp³-hybridized carbons (Fsp3) is 0.636. The Labute approximate surface area is 118 Å². The van der Waals surface area contributed by atoms with Crippen molar-refractivity contribution in [3.05, 3.63) is 12.0 Å². The van der Waals surface area contributed by atoms with Crippen LogP contribution in [0, 0.1) is 6.92 Å². The van der Waals surface area contributed by atoms with Crippen molar-refractivity contribution in [3.8, 4) is 0 Å². The van der Waals surface area contributed by atoms with Gasteiger partial charge in [-0.15, -0.1) is 0 Å². The first-order valence-corrected chi connectivity index (χ1v) is 7.43. The minimum atomic E-state index is -3.73. The molecule has 0 aromatic carbocycles. The fourth-order valence-corrected chi connectivity index (χ4v) is 2.92. The van der Waals surface area contributed by atoms with Crippen LogP contribution < -0.4 is 0 Å². The number of carbonyl (C=O) groups is 1. The van der Waals surface area contributed by atoms with Crippen molar-refractivity contribution in [2.45, 2.75) is 18.4 Å². The lowest BCUT2D eigenvalue weighted by Crippen LogP contribution is -2.36. The highest BCUT2D eigenvalue weighted by Gasteiger charge is 2.26. The number of methoxy groups -OCH3 is 2. The van der Waals surface area contributed by atoms with Crippen molar-refractivity contribution in [1.29, 1.82) is 0 Å². The molecule has 0 radical (unpaired) electrons. The van der Waals surface area contributed by atoms with Gasteiger partial charge in [0.2, 0.25) is 0 Å². The molecule has 0 spiro atoms. The Morgan fingerprint density at radius 3 is 2.60 bits per heavy atom. The van der Waals surface area contributed by atoms with Gasteiger partial charge in [-0.1, -0.05) is 0 Å². The number of esters is 1. The van der Waals surface area contributed by atoms with Crippen molar-refractivity contribution in [3.63, 3.8) is 0 Å². The third kappa shape index (κ3) is 4.29. The van der Waals surface area contributed by atoms with Crippen LogP contribution in [0.15, 0.2) is 11.2 Å². The standard InChI is InChI=1S/C11H19N3O5S/c1-9-12-8-10(13-9)20(16,17)14(6-7-18-2)5-4-11(15)19-3/h8H,4-7H2,1-3H3,(H,12,13). The SMILES string of the molecule is COCCN(CCC(=O)OC)S(=O)(=O)c1cnc(C)[nH]1. The fourth-order valence-electron chi connectivity index (χ4n) is 1.53. The zero-order chi connectivity index (χ0) is 15.2. The summed E-state index contributed by atoms with van der Waals surface area (Å²) in [6.07, 6.45) is 1.23. The second-order valence-corrected chi connectivity index (χ2v) is 5.96. The molecule has 1 N–H and O–H groups in total. The number of rotatable bonds is 8. The first-order chi connectivity index (χ1) is 9.41.